The Bertz CT molecular complexity index is 800. The third kappa shape index (κ3) is 5.07. The zero-order chi connectivity index (χ0) is 18.2. The summed E-state index contributed by atoms with van der Waals surface area (Å²) in [6.07, 6.45) is 0.579. The van der Waals surface area contributed by atoms with Crippen LogP contribution in [0.3, 0.4) is 0 Å². The number of nitrogens with one attached hydrogen (secondary N) is 1. The molecule has 0 spiro atoms. The van der Waals surface area contributed by atoms with Crippen LogP contribution in [0.2, 0.25) is 5.02 Å². The fraction of sp³-hybridized carbons (Fsp3) is 0.211. The normalized spacial score (nSPS) is 11.2. The second-order valence-electron chi connectivity index (χ2n) is 5.33. The Morgan fingerprint density at radius 3 is 2.56 bits per heavy atom. The smallest absolute Gasteiger partial charge is 0.313 e. The van der Waals surface area contributed by atoms with Crippen LogP contribution < -0.4 is 5.32 Å². The molecule has 1 amide bonds. The maximum Gasteiger partial charge on any atom is 0.313 e. The Balaban J connectivity index is 1.92. The number of ether oxygens (including phenoxy) is 1. The summed E-state index contributed by atoms with van der Waals surface area (Å²) in [5, 5.41) is 11.6. The van der Waals surface area contributed by atoms with Crippen molar-refractivity contribution in [2.45, 2.75) is 19.3 Å². The van der Waals surface area contributed by atoms with Crippen molar-refractivity contribution in [3.05, 3.63) is 64.7 Å². The van der Waals surface area contributed by atoms with Gasteiger partial charge in [0.2, 0.25) is 0 Å². The number of anilines is 1. The Morgan fingerprint density at radius 2 is 1.96 bits per heavy atom. The van der Waals surface area contributed by atoms with Crippen LogP contribution >= 0.6 is 11.6 Å². The number of nitrogens with zero attached hydrogens (tertiary/aromatic N) is 1. The highest BCUT2D eigenvalue weighted by Gasteiger charge is 2.21. The molecule has 1 unspecified atom stereocenters. The molecule has 0 radical (unpaired) electrons. The van der Waals surface area contributed by atoms with Crippen LogP contribution in [0.5, 0.6) is 0 Å². The maximum atomic E-state index is 12.2. The molecular weight excluding hydrogens is 340 g/mol. The van der Waals surface area contributed by atoms with Crippen LogP contribution in [0.25, 0.3) is 0 Å². The number of rotatable bonds is 6. The largest absolute Gasteiger partial charge is 0.455 e. The highest BCUT2D eigenvalue weighted by Crippen LogP contribution is 2.21. The van der Waals surface area contributed by atoms with E-state index in [0.29, 0.717) is 17.7 Å². The van der Waals surface area contributed by atoms with E-state index in [0.717, 1.165) is 5.56 Å². The molecule has 2 aromatic rings. The van der Waals surface area contributed by atoms with Crippen LogP contribution in [-0.4, -0.2) is 18.5 Å². The van der Waals surface area contributed by atoms with Gasteiger partial charge in [0.05, 0.1) is 16.5 Å². The van der Waals surface area contributed by atoms with E-state index < -0.39 is 17.8 Å². The van der Waals surface area contributed by atoms with E-state index in [1.54, 1.807) is 6.07 Å². The molecule has 6 heteroatoms. The summed E-state index contributed by atoms with van der Waals surface area (Å²) in [5.74, 6) is -1.32. The highest BCUT2D eigenvalue weighted by molar-refractivity contribution is 6.32. The molecule has 0 aliphatic rings. The lowest BCUT2D eigenvalue weighted by molar-refractivity contribution is -0.149. The van der Waals surface area contributed by atoms with Gasteiger partial charge in [0.1, 0.15) is 6.07 Å². The average molecular weight is 357 g/mol. The summed E-state index contributed by atoms with van der Waals surface area (Å²) in [6.45, 7) is 1.50. The fourth-order valence-corrected chi connectivity index (χ4v) is 2.56. The van der Waals surface area contributed by atoms with Crippen molar-refractivity contribution >= 4 is 29.2 Å². The van der Waals surface area contributed by atoms with E-state index in [1.165, 1.54) is 12.1 Å². The quantitative estimate of drug-likeness (QED) is 0.796. The van der Waals surface area contributed by atoms with Gasteiger partial charge in [-0.05, 0) is 30.2 Å². The van der Waals surface area contributed by atoms with E-state index in [2.05, 4.69) is 5.32 Å². The van der Waals surface area contributed by atoms with Crippen LogP contribution in [0, 0.1) is 11.3 Å². The molecule has 2 rings (SSSR count). The Hall–Kier alpha value is -2.84. The molecule has 5 nitrogen and oxygen atoms in total. The predicted molar refractivity (Wildman–Crippen MR) is 95.2 cm³/mol. The van der Waals surface area contributed by atoms with E-state index in [1.807, 2.05) is 43.3 Å². The molecule has 0 aliphatic heterocycles. The van der Waals surface area contributed by atoms with Gasteiger partial charge in [-0.3, -0.25) is 9.59 Å². The SMILES string of the molecule is CCC(C(=O)OCC(=O)Nc1ccc(C#N)c(Cl)c1)c1ccccc1. The summed E-state index contributed by atoms with van der Waals surface area (Å²) in [5.41, 5.74) is 1.61. The first-order valence-corrected chi connectivity index (χ1v) is 8.14. The number of esters is 1. The first kappa shape index (κ1) is 18.5. The average Bonchev–Trinajstić information content (AvgIpc) is 2.62. The minimum absolute atomic E-state index is 0.243. The van der Waals surface area contributed by atoms with E-state index in [9.17, 15) is 9.59 Å². The first-order valence-electron chi connectivity index (χ1n) is 7.76. The van der Waals surface area contributed by atoms with Gasteiger partial charge in [-0.25, -0.2) is 0 Å². The molecule has 0 fully saturated rings. The number of carbonyl (C=O) groups is 2. The number of hydrogen-bond acceptors (Lipinski definition) is 4. The summed E-state index contributed by atoms with van der Waals surface area (Å²) >= 11 is 5.91. The molecule has 1 atom stereocenters. The number of carbonyl (C=O) groups excluding carboxylic acids is 2. The second-order valence-corrected chi connectivity index (χ2v) is 5.74. The lowest BCUT2D eigenvalue weighted by atomic mass is 9.97. The van der Waals surface area contributed by atoms with Crippen LogP contribution in [-0.2, 0) is 14.3 Å². The topological polar surface area (TPSA) is 79.2 Å². The highest BCUT2D eigenvalue weighted by atomic mass is 35.5. The minimum Gasteiger partial charge on any atom is -0.455 e. The van der Waals surface area contributed by atoms with Gasteiger partial charge in [-0.1, -0.05) is 48.9 Å². The molecular formula is C19H17ClN2O3. The van der Waals surface area contributed by atoms with Gasteiger partial charge < -0.3 is 10.1 Å². The third-order valence-electron chi connectivity index (χ3n) is 3.61. The zero-order valence-corrected chi connectivity index (χ0v) is 14.4. The first-order chi connectivity index (χ1) is 12.0. The second kappa shape index (κ2) is 8.86. The summed E-state index contributed by atoms with van der Waals surface area (Å²) < 4.78 is 5.12. The van der Waals surface area contributed by atoms with Crippen LogP contribution in [0.15, 0.2) is 48.5 Å². The molecule has 0 aromatic heterocycles. The van der Waals surface area contributed by atoms with Crippen molar-refractivity contribution in [1.82, 2.24) is 0 Å². The maximum absolute atomic E-state index is 12.2. The zero-order valence-electron chi connectivity index (χ0n) is 13.7. The number of halogens is 1. The van der Waals surface area contributed by atoms with Crippen molar-refractivity contribution in [3.63, 3.8) is 0 Å². The van der Waals surface area contributed by atoms with Crippen molar-refractivity contribution < 1.29 is 14.3 Å². The van der Waals surface area contributed by atoms with Gasteiger partial charge in [0, 0.05) is 5.69 Å². The number of hydrogen-bond donors (Lipinski definition) is 1. The molecule has 25 heavy (non-hydrogen) atoms. The van der Waals surface area contributed by atoms with Crippen molar-refractivity contribution in [1.29, 1.82) is 5.26 Å². The molecule has 2 aromatic carbocycles. The molecule has 0 heterocycles. The molecule has 1 N–H and O–H groups in total. The van der Waals surface area contributed by atoms with Gasteiger partial charge >= 0.3 is 5.97 Å². The fourth-order valence-electron chi connectivity index (χ4n) is 2.34. The van der Waals surface area contributed by atoms with Crippen LogP contribution in [0.1, 0.15) is 30.4 Å². The summed E-state index contributed by atoms with van der Waals surface area (Å²) in [7, 11) is 0. The minimum atomic E-state index is -0.475. The van der Waals surface area contributed by atoms with Crippen molar-refractivity contribution in [3.8, 4) is 6.07 Å². The van der Waals surface area contributed by atoms with E-state index in [-0.39, 0.29) is 11.6 Å². The van der Waals surface area contributed by atoms with Gasteiger partial charge in [-0.15, -0.1) is 0 Å². The van der Waals surface area contributed by atoms with Crippen LogP contribution in [0.4, 0.5) is 5.69 Å². The van der Waals surface area contributed by atoms with Gasteiger partial charge in [-0.2, -0.15) is 5.26 Å². The van der Waals surface area contributed by atoms with E-state index in [4.69, 9.17) is 21.6 Å². The third-order valence-corrected chi connectivity index (χ3v) is 3.93. The Kier molecular flexibility index (Phi) is 6.55. The number of nitriles is 1. The molecule has 128 valence electrons. The Morgan fingerprint density at radius 1 is 1.24 bits per heavy atom. The molecule has 0 aliphatic carbocycles. The predicted octanol–water partition coefficient (Wildman–Crippen LogP) is 3.89. The summed E-state index contributed by atoms with van der Waals surface area (Å²) in [4.78, 5) is 24.1. The standard InChI is InChI=1S/C19H17ClN2O3/c1-2-16(13-6-4-3-5-7-13)19(24)25-12-18(23)22-15-9-8-14(11-21)17(20)10-15/h3-10,16H,2,12H2,1H3,(H,22,23). The molecule has 0 bridgehead atoms. The Labute approximate surface area is 151 Å². The van der Waals surface area contributed by atoms with Gasteiger partial charge in [0.15, 0.2) is 6.61 Å². The van der Waals surface area contributed by atoms with Crippen molar-refractivity contribution in [2.75, 3.05) is 11.9 Å². The number of benzene rings is 2. The monoisotopic (exact) mass is 356 g/mol. The van der Waals surface area contributed by atoms with Crippen molar-refractivity contribution in [2.24, 2.45) is 0 Å². The lowest BCUT2D eigenvalue weighted by Gasteiger charge is -2.14. The number of amides is 1. The molecule has 0 saturated carbocycles. The molecule has 0 saturated heterocycles. The van der Waals surface area contributed by atoms with E-state index >= 15 is 0 Å². The lowest BCUT2D eigenvalue weighted by Crippen LogP contribution is -2.23. The van der Waals surface area contributed by atoms with Gasteiger partial charge in [0.25, 0.3) is 5.91 Å². The summed E-state index contributed by atoms with van der Waals surface area (Å²) in [6, 6.07) is 15.8.